The number of pyridine rings is 1. The van der Waals surface area contributed by atoms with E-state index in [2.05, 4.69) is 11.1 Å². The lowest BCUT2D eigenvalue weighted by Crippen LogP contribution is -1.97. The minimum Gasteiger partial charge on any atom is -0.297 e. The zero-order chi connectivity index (χ0) is 18.2. The Kier molecular flexibility index (Phi) is 3.44. The second-order valence-corrected chi connectivity index (χ2v) is 6.28. The van der Waals surface area contributed by atoms with E-state index in [1.807, 2.05) is 83.4 Å². The van der Waals surface area contributed by atoms with Gasteiger partial charge in [-0.05, 0) is 18.2 Å². The molecule has 0 saturated heterocycles. The topological polar surface area (TPSA) is 54.5 Å². The summed E-state index contributed by atoms with van der Waals surface area (Å²) in [5, 5.41) is 10.6. The Balaban J connectivity index is 1.93. The lowest BCUT2D eigenvalue weighted by atomic mass is 10.1. The minimum atomic E-state index is 0.610. The Bertz CT molecular complexity index is 1330. The standard InChI is InChI=1S/C23H14N4/c24-14-17-10-4-7-13-20(17)27-15-25-22-21(16-8-2-1-3-9-16)26-19-12-6-5-11-18(19)23(22)27/h1-13,15H. The molecule has 0 radical (unpaired) electrons. The lowest BCUT2D eigenvalue weighted by Gasteiger charge is -2.10. The van der Waals surface area contributed by atoms with E-state index in [0.717, 1.165) is 38.9 Å². The molecule has 27 heavy (non-hydrogen) atoms. The SMILES string of the molecule is N#Cc1ccccc1-n1cnc2c(-c3ccccc3)nc3ccccc3c21. The van der Waals surface area contributed by atoms with Crippen molar-refractivity contribution in [2.24, 2.45) is 0 Å². The monoisotopic (exact) mass is 346 g/mol. The van der Waals surface area contributed by atoms with Crippen LogP contribution in [0.15, 0.2) is 85.2 Å². The molecule has 2 aromatic heterocycles. The van der Waals surface area contributed by atoms with Crippen molar-refractivity contribution in [3.8, 4) is 23.0 Å². The molecule has 0 aliphatic carbocycles. The predicted octanol–water partition coefficient (Wildman–Crippen LogP) is 5.11. The van der Waals surface area contributed by atoms with Crippen LogP contribution < -0.4 is 0 Å². The lowest BCUT2D eigenvalue weighted by molar-refractivity contribution is 1.09. The Hall–Kier alpha value is -3.97. The summed E-state index contributed by atoms with van der Waals surface area (Å²) >= 11 is 0. The normalized spacial score (nSPS) is 10.9. The number of para-hydroxylation sites is 2. The van der Waals surface area contributed by atoms with Gasteiger partial charge in [0.25, 0.3) is 0 Å². The van der Waals surface area contributed by atoms with Crippen molar-refractivity contribution < 1.29 is 0 Å². The second-order valence-electron chi connectivity index (χ2n) is 6.28. The van der Waals surface area contributed by atoms with Gasteiger partial charge in [0.15, 0.2) is 0 Å². The van der Waals surface area contributed by atoms with Crippen molar-refractivity contribution >= 4 is 21.9 Å². The first-order valence-electron chi connectivity index (χ1n) is 8.67. The molecule has 5 aromatic rings. The summed E-state index contributed by atoms with van der Waals surface area (Å²) in [4.78, 5) is 9.57. The van der Waals surface area contributed by atoms with Crippen molar-refractivity contribution in [3.05, 3.63) is 90.8 Å². The molecule has 126 valence electrons. The Morgan fingerprint density at radius 2 is 1.56 bits per heavy atom. The molecule has 2 heterocycles. The van der Waals surface area contributed by atoms with E-state index in [1.54, 1.807) is 6.33 Å². The summed E-state index contributed by atoms with van der Waals surface area (Å²) in [6.07, 6.45) is 1.78. The van der Waals surface area contributed by atoms with Crippen molar-refractivity contribution in [3.63, 3.8) is 0 Å². The number of aromatic nitrogens is 3. The van der Waals surface area contributed by atoms with Gasteiger partial charge in [0.2, 0.25) is 0 Å². The van der Waals surface area contributed by atoms with Crippen molar-refractivity contribution in [1.29, 1.82) is 5.26 Å². The van der Waals surface area contributed by atoms with E-state index < -0.39 is 0 Å². The van der Waals surface area contributed by atoms with Crippen molar-refractivity contribution in [1.82, 2.24) is 14.5 Å². The molecule has 0 amide bonds. The smallest absolute Gasteiger partial charge is 0.116 e. The van der Waals surface area contributed by atoms with E-state index in [0.29, 0.717) is 5.56 Å². The molecule has 5 rings (SSSR count). The van der Waals surface area contributed by atoms with Crippen LogP contribution in [0.4, 0.5) is 0 Å². The van der Waals surface area contributed by atoms with Gasteiger partial charge in [-0.1, -0.05) is 60.7 Å². The summed E-state index contributed by atoms with van der Waals surface area (Å²) in [5.74, 6) is 0. The number of hydrogen-bond donors (Lipinski definition) is 0. The fourth-order valence-electron chi connectivity index (χ4n) is 3.48. The van der Waals surface area contributed by atoms with Crippen LogP contribution >= 0.6 is 0 Å². The van der Waals surface area contributed by atoms with Crippen molar-refractivity contribution in [2.45, 2.75) is 0 Å². The molecule has 0 fully saturated rings. The quantitative estimate of drug-likeness (QED) is 0.446. The zero-order valence-corrected chi connectivity index (χ0v) is 14.4. The third-order valence-corrected chi connectivity index (χ3v) is 4.71. The molecule has 0 spiro atoms. The maximum atomic E-state index is 9.54. The van der Waals surface area contributed by atoms with Gasteiger partial charge in [-0.25, -0.2) is 9.97 Å². The average Bonchev–Trinajstić information content (AvgIpc) is 3.19. The highest BCUT2D eigenvalue weighted by Gasteiger charge is 2.17. The number of rotatable bonds is 2. The first-order valence-corrected chi connectivity index (χ1v) is 8.67. The van der Waals surface area contributed by atoms with E-state index in [4.69, 9.17) is 4.98 Å². The van der Waals surface area contributed by atoms with Crippen LogP contribution in [0.5, 0.6) is 0 Å². The molecule has 0 atom stereocenters. The zero-order valence-electron chi connectivity index (χ0n) is 14.4. The van der Waals surface area contributed by atoms with Crippen LogP contribution in [0.1, 0.15) is 5.56 Å². The number of imidazole rings is 1. The van der Waals surface area contributed by atoms with Gasteiger partial charge in [-0.15, -0.1) is 0 Å². The molecule has 0 N–H and O–H groups in total. The molecule has 4 heteroatoms. The summed E-state index contributed by atoms with van der Waals surface area (Å²) < 4.78 is 1.99. The van der Waals surface area contributed by atoms with Crippen LogP contribution in [-0.2, 0) is 0 Å². The number of benzene rings is 3. The first kappa shape index (κ1) is 15.3. The summed E-state index contributed by atoms with van der Waals surface area (Å²) in [5.41, 5.74) is 5.98. The first-order chi connectivity index (χ1) is 13.4. The second kappa shape index (κ2) is 6.08. The highest BCUT2D eigenvalue weighted by Crippen LogP contribution is 2.33. The highest BCUT2D eigenvalue weighted by atomic mass is 15.1. The van der Waals surface area contributed by atoms with Crippen LogP contribution in [0.3, 0.4) is 0 Å². The molecule has 0 aliphatic heterocycles. The summed E-state index contributed by atoms with van der Waals surface area (Å²) in [6.45, 7) is 0. The molecule has 0 bridgehead atoms. The number of hydrogen-bond acceptors (Lipinski definition) is 3. The molecule has 0 saturated carbocycles. The van der Waals surface area contributed by atoms with E-state index in [1.165, 1.54) is 0 Å². The minimum absolute atomic E-state index is 0.610. The molecule has 0 unspecified atom stereocenters. The van der Waals surface area contributed by atoms with Crippen LogP contribution in [0.2, 0.25) is 0 Å². The van der Waals surface area contributed by atoms with E-state index >= 15 is 0 Å². The molecular weight excluding hydrogens is 332 g/mol. The van der Waals surface area contributed by atoms with Crippen LogP contribution in [0.25, 0.3) is 38.9 Å². The maximum absolute atomic E-state index is 9.54. The molecule has 0 aliphatic rings. The van der Waals surface area contributed by atoms with E-state index in [9.17, 15) is 5.26 Å². The third-order valence-electron chi connectivity index (χ3n) is 4.71. The summed E-state index contributed by atoms with van der Waals surface area (Å²) in [7, 11) is 0. The van der Waals surface area contributed by atoms with Crippen LogP contribution in [-0.4, -0.2) is 14.5 Å². The molecular formula is C23H14N4. The fraction of sp³-hybridized carbons (Fsp3) is 0. The molecule has 3 aromatic carbocycles. The van der Waals surface area contributed by atoms with Crippen LogP contribution in [0, 0.1) is 11.3 Å². The van der Waals surface area contributed by atoms with E-state index in [-0.39, 0.29) is 0 Å². The number of nitrogens with zero attached hydrogens (tertiary/aromatic N) is 4. The Labute approximate surface area is 156 Å². The van der Waals surface area contributed by atoms with Gasteiger partial charge >= 0.3 is 0 Å². The van der Waals surface area contributed by atoms with Gasteiger partial charge < -0.3 is 0 Å². The molecule has 4 nitrogen and oxygen atoms in total. The largest absolute Gasteiger partial charge is 0.297 e. The number of fused-ring (bicyclic) bond motifs is 3. The van der Waals surface area contributed by atoms with Gasteiger partial charge in [0.1, 0.15) is 17.9 Å². The maximum Gasteiger partial charge on any atom is 0.116 e. The average molecular weight is 346 g/mol. The number of nitriles is 1. The predicted molar refractivity (Wildman–Crippen MR) is 107 cm³/mol. The Morgan fingerprint density at radius 1 is 0.815 bits per heavy atom. The fourth-order valence-corrected chi connectivity index (χ4v) is 3.48. The third kappa shape index (κ3) is 2.37. The van der Waals surface area contributed by atoms with Gasteiger partial charge in [-0.3, -0.25) is 4.57 Å². The van der Waals surface area contributed by atoms with Gasteiger partial charge in [-0.2, -0.15) is 5.26 Å². The van der Waals surface area contributed by atoms with Gasteiger partial charge in [0, 0.05) is 10.9 Å². The summed E-state index contributed by atoms with van der Waals surface area (Å²) in [6, 6.07) is 28.0. The van der Waals surface area contributed by atoms with Crippen molar-refractivity contribution in [2.75, 3.05) is 0 Å². The highest BCUT2D eigenvalue weighted by molar-refractivity contribution is 6.08. The van der Waals surface area contributed by atoms with Gasteiger partial charge in [0.05, 0.1) is 28.0 Å². The Morgan fingerprint density at radius 3 is 2.41 bits per heavy atom.